The Labute approximate surface area is 111 Å². The van der Waals surface area contributed by atoms with Gasteiger partial charge in [-0.15, -0.1) is 0 Å². The minimum atomic E-state index is -0.0341. The summed E-state index contributed by atoms with van der Waals surface area (Å²) in [6.45, 7) is 9.51. The maximum absolute atomic E-state index is 12.1. The molecule has 2 saturated heterocycles. The maximum atomic E-state index is 12.1. The lowest BCUT2D eigenvalue weighted by Gasteiger charge is -2.27. The minimum absolute atomic E-state index is 0.0341. The fourth-order valence-corrected chi connectivity index (χ4v) is 2.96. The lowest BCUT2D eigenvalue weighted by atomic mass is 10.2. The third-order valence-electron chi connectivity index (χ3n) is 4.27. The first-order chi connectivity index (χ1) is 8.68. The quantitative estimate of drug-likeness (QED) is 0.796. The Bertz CT molecular complexity index is 270. The second-order valence-corrected chi connectivity index (χ2v) is 5.75. The second kappa shape index (κ2) is 6.53. The van der Waals surface area contributed by atoms with Gasteiger partial charge in [0.05, 0.1) is 6.04 Å². The Hall–Kier alpha value is -0.610. The molecule has 104 valence electrons. The van der Waals surface area contributed by atoms with Gasteiger partial charge < -0.3 is 10.2 Å². The normalized spacial score (nSPS) is 24.4. The Morgan fingerprint density at radius 1 is 1.06 bits per heavy atom. The van der Waals surface area contributed by atoms with E-state index in [1.165, 1.54) is 38.8 Å². The standard InChI is InChI=1S/C14H27N3O/c1-12(16-7-3-4-8-16)11-15-13(2)14(18)17-9-5-6-10-17/h12-13,15H,3-11H2,1-2H3. The molecule has 18 heavy (non-hydrogen) atoms. The number of likely N-dealkylation sites (tertiary alicyclic amines) is 2. The van der Waals surface area contributed by atoms with Crippen molar-refractivity contribution >= 4 is 5.91 Å². The molecular weight excluding hydrogens is 226 g/mol. The SMILES string of the molecule is CC(NCC(C)N1CCCC1)C(=O)N1CCCC1. The van der Waals surface area contributed by atoms with Crippen LogP contribution in [0.25, 0.3) is 0 Å². The van der Waals surface area contributed by atoms with Gasteiger partial charge in [-0.25, -0.2) is 0 Å². The molecular formula is C14H27N3O. The molecule has 0 aromatic heterocycles. The van der Waals surface area contributed by atoms with Crippen molar-refractivity contribution in [1.82, 2.24) is 15.1 Å². The number of carbonyl (C=O) groups is 1. The van der Waals surface area contributed by atoms with E-state index in [2.05, 4.69) is 17.1 Å². The first kappa shape index (κ1) is 13.8. The third-order valence-corrected chi connectivity index (χ3v) is 4.27. The van der Waals surface area contributed by atoms with Crippen molar-refractivity contribution in [2.45, 2.75) is 51.6 Å². The average Bonchev–Trinajstić information content (AvgIpc) is 3.05. The number of carbonyl (C=O) groups excluding carboxylic acids is 1. The molecule has 4 heteroatoms. The predicted octanol–water partition coefficient (Wildman–Crippen LogP) is 1.07. The molecule has 2 rings (SSSR count). The lowest BCUT2D eigenvalue weighted by Crippen LogP contribution is -2.48. The van der Waals surface area contributed by atoms with E-state index in [4.69, 9.17) is 0 Å². The molecule has 0 spiro atoms. The minimum Gasteiger partial charge on any atom is -0.341 e. The van der Waals surface area contributed by atoms with E-state index in [9.17, 15) is 4.79 Å². The molecule has 0 aliphatic carbocycles. The van der Waals surface area contributed by atoms with Gasteiger partial charge in [-0.05, 0) is 52.6 Å². The monoisotopic (exact) mass is 253 g/mol. The van der Waals surface area contributed by atoms with Gasteiger partial charge >= 0.3 is 0 Å². The van der Waals surface area contributed by atoms with Crippen molar-refractivity contribution < 1.29 is 4.79 Å². The summed E-state index contributed by atoms with van der Waals surface area (Å²) in [7, 11) is 0. The van der Waals surface area contributed by atoms with Gasteiger partial charge in [0.1, 0.15) is 0 Å². The molecule has 0 radical (unpaired) electrons. The number of rotatable bonds is 5. The highest BCUT2D eigenvalue weighted by Crippen LogP contribution is 2.12. The number of amides is 1. The smallest absolute Gasteiger partial charge is 0.239 e. The largest absolute Gasteiger partial charge is 0.341 e. The summed E-state index contributed by atoms with van der Waals surface area (Å²) >= 11 is 0. The third kappa shape index (κ3) is 3.45. The summed E-state index contributed by atoms with van der Waals surface area (Å²) in [5, 5.41) is 3.40. The summed E-state index contributed by atoms with van der Waals surface area (Å²) in [4.78, 5) is 16.6. The van der Waals surface area contributed by atoms with Crippen LogP contribution in [-0.2, 0) is 4.79 Å². The fourth-order valence-electron chi connectivity index (χ4n) is 2.96. The first-order valence-electron chi connectivity index (χ1n) is 7.44. The van der Waals surface area contributed by atoms with E-state index < -0.39 is 0 Å². The fraction of sp³-hybridized carbons (Fsp3) is 0.929. The molecule has 0 bridgehead atoms. The van der Waals surface area contributed by atoms with E-state index in [1.54, 1.807) is 0 Å². The molecule has 1 amide bonds. The Morgan fingerprint density at radius 2 is 1.61 bits per heavy atom. The number of nitrogens with one attached hydrogen (secondary N) is 1. The van der Waals surface area contributed by atoms with Crippen molar-refractivity contribution in [2.24, 2.45) is 0 Å². The molecule has 2 atom stereocenters. The summed E-state index contributed by atoms with van der Waals surface area (Å²) in [5.74, 6) is 0.279. The molecule has 0 aromatic rings. The highest BCUT2D eigenvalue weighted by atomic mass is 16.2. The molecule has 2 aliphatic heterocycles. The van der Waals surface area contributed by atoms with Crippen molar-refractivity contribution in [3.05, 3.63) is 0 Å². The van der Waals surface area contributed by atoms with Crippen LogP contribution in [-0.4, -0.2) is 60.5 Å². The van der Waals surface area contributed by atoms with Gasteiger partial charge in [0.25, 0.3) is 0 Å². The van der Waals surface area contributed by atoms with Crippen LogP contribution in [0.15, 0.2) is 0 Å². The van der Waals surface area contributed by atoms with Gasteiger partial charge in [0, 0.05) is 25.7 Å². The van der Waals surface area contributed by atoms with Crippen molar-refractivity contribution in [1.29, 1.82) is 0 Å². The van der Waals surface area contributed by atoms with Crippen LogP contribution in [0.5, 0.6) is 0 Å². The van der Waals surface area contributed by atoms with Crippen molar-refractivity contribution in [2.75, 3.05) is 32.7 Å². The van der Waals surface area contributed by atoms with Gasteiger partial charge in [-0.1, -0.05) is 0 Å². The van der Waals surface area contributed by atoms with Gasteiger partial charge in [0.2, 0.25) is 5.91 Å². The Kier molecular flexibility index (Phi) is 5.01. The van der Waals surface area contributed by atoms with Crippen LogP contribution < -0.4 is 5.32 Å². The Balaban J connectivity index is 1.69. The summed E-state index contributed by atoms with van der Waals surface area (Å²) in [6, 6.07) is 0.509. The summed E-state index contributed by atoms with van der Waals surface area (Å²) in [6.07, 6.45) is 4.99. The van der Waals surface area contributed by atoms with E-state index in [1.807, 2.05) is 11.8 Å². The van der Waals surface area contributed by atoms with Crippen LogP contribution in [0.3, 0.4) is 0 Å². The van der Waals surface area contributed by atoms with E-state index in [0.29, 0.717) is 6.04 Å². The van der Waals surface area contributed by atoms with Crippen molar-refractivity contribution in [3.63, 3.8) is 0 Å². The number of hydrogen-bond acceptors (Lipinski definition) is 3. The topological polar surface area (TPSA) is 35.6 Å². The lowest BCUT2D eigenvalue weighted by molar-refractivity contribution is -0.132. The van der Waals surface area contributed by atoms with E-state index in [-0.39, 0.29) is 11.9 Å². The maximum Gasteiger partial charge on any atom is 0.239 e. The predicted molar refractivity (Wildman–Crippen MR) is 73.5 cm³/mol. The van der Waals surface area contributed by atoms with Crippen LogP contribution in [0.1, 0.15) is 39.5 Å². The average molecular weight is 253 g/mol. The second-order valence-electron chi connectivity index (χ2n) is 5.75. The Morgan fingerprint density at radius 3 is 2.22 bits per heavy atom. The summed E-state index contributed by atoms with van der Waals surface area (Å²) in [5.41, 5.74) is 0. The van der Waals surface area contributed by atoms with Gasteiger partial charge in [0.15, 0.2) is 0 Å². The zero-order valence-corrected chi connectivity index (χ0v) is 11.8. The van der Waals surface area contributed by atoms with Gasteiger partial charge in [-0.2, -0.15) is 0 Å². The zero-order chi connectivity index (χ0) is 13.0. The molecule has 2 unspecified atom stereocenters. The van der Waals surface area contributed by atoms with Crippen LogP contribution in [0.4, 0.5) is 0 Å². The zero-order valence-electron chi connectivity index (χ0n) is 11.8. The highest BCUT2D eigenvalue weighted by Gasteiger charge is 2.24. The van der Waals surface area contributed by atoms with E-state index >= 15 is 0 Å². The molecule has 2 aliphatic rings. The number of hydrogen-bond donors (Lipinski definition) is 1. The van der Waals surface area contributed by atoms with Gasteiger partial charge in [-0.3, -0.25) is 9.69 Å². The summed E-state index contributed by atoms with van der Waals surface area (Å²) < 4.78 is 0. The number of nitrogens with zero attached hydrogens (tertiary/aromatic N) is 2. The highest BCUT2D eigenvalue weighted by molar-refractivity contribution is 5.81. The van der Waals surface area contributed by atoms with Crippen LogP contribution in [0, 0.1) is 0 Å². The molecule has 0 aromatic carbocycles. The first-order valence-corrected chi connectivity index (χ1v) is 7.44. The van der Waals surface area contributed by atoms with Crippen LogP contribution in [0.2, 0.25) is 0 Å². The van der Waals surface area contributed by atoms with E-state index in [0.717, 1.165) is 19.6 Å². The molecule has 1 N–H and O–H groups in total. The molecule has 2 heterocycles. The molecule has 0 saturated carbocycles. The van der Waals surface area contributed by atoms with Crippen molar-refractivity contribution in [3.8, 4) is 0 Å². The molecule has 4 nitrogen and oxygen atoms in total. The molecule has 2 fully saturated rings. The van der Waals surface area contributed by atoms with Crippen LogP contribution >= 0.6 is 0 Å².